The first-order valence-electron chi connectivity index (χ1n) is 7.22. The molecule has 4 rings (SSSR count). The van der Waals surface area contributed by atoms with Crippen LogP contribution in [0.2, 0.25) is 0 Å². The summed E-state index contributed by atoms with van der Waals surface area (Å²) < 4.78 is 6.69. The Morgan fingerprint density at radius 1 is 1.41 bits per heavy atom. The molecule has 22 heavy (non-hydrogen) atoms. The van der Waals surface area contributed by atoms with E-state index < -0.39 is 0 Å². The number of nitrogens with zero attached hydrogens (tertiary/aromatic N) is 2. The summed E-state index contributed by atoms with van der Waals surface area (Å²) in [5, 5.41) is 11.6. The predicted molar refractivity (Wildman–Crippen MR) is 93.6 cm³/mol. The van der Waals surface area contributed by atoms with E-state index >= 15 is 0 Å². The van der Waals surface area contributed by atoms with Gasteiger partial charge in [0.05, 0.1) is 24.2 Å². The maximum atomic E-state index is 9.35. The second-order valence-corrected chi connectivity index (χ2v) is 7.29. The Morgan fingerprint density at radius 2 is 2.32 bits per heavy atom. The van der Waals surface area contributed by atoms with Crippen LogP contribution in [0, 0.1) is 0 Å². The number of amidine groups is 1. The Morgan fingerprint density at radius 3 is 3.14 bits per heavy atom. The molecule has 114 valence electrons. The standard InChI is InChI=1S/C16H16N2O2S2/c1-20-11-3-2-4-12-10(11)9-14(21-12)15-13(5-8-19)22-16-17-6-7-18(15)16/h2-4,9,19H,5-8H2,1H3. The van der Waals surface area contributed by atoms with Crippen LogP contribution in [0.15, 0.2) is 34.2 Å². The highest BCUT2D eigenvalue weighted by atomic mass is 32.2. The first-order valence-corrected chi connectivity index (χ1v) is 8.86. The third-order valence-corrected chi connectivity index (χ3v) is 6.15. The number of aliphatic hydroxyl groups excluding tert-OH is 1. The lowest BCUT2D eigenvalue weighted by atomic mass is 10.2. The van der Waals surface area contributed by atoms with Gasteiger partial charge < -0.3 is 14.7 Å². The van der Waals surface area contributed by atoms with E-state index in [4.69, 9.17) is 4.74 Å². The number of hydrogen-bond donors (Lipinski definition) is 1. The maximum absolute atomic E-state index is 9.35. The quantitative estimate of drug-likeness (QED) is 0.932. The van der Waals surface area contributed by atoms with Crippen molar-refractivity contribution in [3.63, 3.8) is 0 Å². The number of aliphatic imine (C=N–C) groups is 1. The molecule has 0 unspecified atom stereocenters. The number of ether oxygens (including phenoxy) is 1. The minimum atomic E-state index is 0.168. The molecule has 0 atom stereocenters. The van der Waals surface area contributed by atoms with Crippen LogP contribution in [0.5, 0.6) is 5.75 Å². The number of thioether (sulfide) groups is 1. The molecule has 0 amide bonds. The second kappa shape index (κ2) is 5.61. The molecule has 2 aromatic rings. The lowest BCUT2D eigenvalue weighted by Crippen LogP contribution is -2.19. The molecule has 0 aliphatic carbocycles. The van der Waals surface area contributed by atoms with Crippen molar-refractivity contribution in [1.82, 2.24) is 4.90 Å². The molecule has 1 aromatic heterocycles. The van der Waals surface area contributed by atoms with Gasteiger partial charge in [0.15, 0.2) is 5.17 Å². The number of fused-ring (bicyclic) bond motifs is 2. The molecule has 0 saturated heterocycles. The fourth-order valence-corrected chi connectivity index (χ4v) is 5.30. The van der Waals surface area contributed by atoms with Gasteiger partial charge >= 0.3 is 0 Å². The molecule has 1 aromatic carbocycles. The number of thiophene rings is 1. The van der Waals surface area contributed by atoms with Crippen LogP contribution in [0.3, 0.4) is 0 Å². The van der Waals surface area contributed by atoms with Gasteiger partial charge in [0.2, 0.25) is 0 Å². The third-order valence-electron chi connectivity index (χ3n) is 3.86. The van der Waals surface area contributed by atoms with Gasteiger partial charge in [-0.3, -0.25) is 4.99 Å². The zero-order valence-corrected chi connectivity index (χ0v) is 13.8. The Labute approximate surface area is 137 Å². The average Bonchev–Trinajstić information content (AvgIpc) is 3.19. The third kappa shape index (κ3) is 2.14. The normalized spacial score (nSPS) is 17.4. The highest BCUT2D eigenvalue weighted by Gasteiger charge is 2.33. The van der Waals surface area contributed by atoms with Crippen LogP contribution in [0.25, 0.3) is 15.8 Å². The summed E-state index contributed by atoms with van der Waals surface area (Å²) in [4.78, 5) is 9.28. The zero-order valence-electron chi connectivity index (χ0n) is 12.2. The molecular weight excluding hydrogens is 316 g/mol. The van der Waals surface area contributed by atoms with E-state index in [1.165, 1.54) is 20.2 Å². The van der Waals surface area contributed by atoms with E-state index in [1.54, 1.807) is 30.2 Å². The van der Waals surface area contributed by atoms with Crippen molar-refractivity contribution < 1.29 is 9.84 Å². The van der Waals surface area contributed by atoms with Crippen LogP contribution in [-0.2, 0) is 0 Å². The molecule has 6 heteroatoms. The molecule has 0 bridgehead atoms. The van der Waals surface area contributed by atoms with E-state index in [0.717, 1.165) is 29.4 Å². The minimum Gasteiger partial charge on any atom is -0.496 e. The van der Waals surface area contributed by atoms with Crippen molar-refractivity contribution in [2.24, 2.45) is 4.99 Å². The van der Waals surface area contributed by atoms with Gasteiger partial charge in [-0.2, -0.15) is 0 Å². The fraction of sp³-hybridized carbons (Fsp3) is 0.312. The molecule has 4 nitrogen and oxygen atoms in total. The summed E-state index contributed by atoms with van der Waals surface area (Å²) in [6.07, 6.45) is 0.681. The summed E-state index contributed by atoms with van der Waals surface area (Å²) in [5.41, 5.74) is 1.22. The smallest absolute Gasteiger partial charge is 0.168 e. The summed E-state index contributed by atoms with van der Waals surface area (Å²) in [6, 6.07) is 8.34. The fourth-order valence-electron chi connectivity index (χ4n) is 2.90. The molecule has 0 radical (unpaired) electrons. The predicted octanol–water partition coefficient (Wildman–Crippen LogP) is 3.38. The van der Waals surface area contributed by atoms with E-state index in [1.807, 2.05) is 12.1 Å². The summed E-state index contributed by atoms with van der Waals surface area (Å²) in [5.74, 6) is 0.908. The van der Waals surface area contributed by atoms with Crippen molar-refractivity contribution in [1.29, 1.82) is 0 Å². The molecule has 0 saturated carbocycles. The van der Waals surface area contributed by atoms with Gasteiger partial charge in [0.1, 0.15) is 5.75 Å². The molecular formula is C16H16N2O2S2. The molecule has 1 N–H and O–H groups in total. The van der Waals surface area contributed by atoms with Crippen molar-refractivity contribution in [2.45, 2.75) is 6.42 Å². The molecule has 0 fully saturated rings. The van der Waals surface area contributed by atoms with Crippen LogP contribution in [0.4, 0.5) is 0 Å². The van der Waals surface area contributed by atoms with Gasteiger partial charge in [0.25, 0.3) is 0 Å². The van der Waals surface area contributed by atoms with Gasteiger partial charge in [0, 0.05) is 34.6 Å². The van der Waals surface area contributed by atoms with Gasteiger partial charge in [-0.25, -0.2) is 0 Å². The number of aliphatic hydroxyl groups is 1. The Hall–Kier alpha value is -1.50. The highest BCUT2D eigenvalue weighted by Crippen LogP contribution is 2.46. The number of rotatable bonds is 4. The average molecular weight is 332 g/mol. The van der Waals surface area contributed by atoms with Crippen molar-refractivity contribution >= 4 is 44.0 Å². The number of methoxy groups -OCH3 is 1. The Kier molecular flexibility index (Phi) is 3.60. The molecule has 0 spiro atoms. The van der Waals surface area contributed by atoms with Gasteiger partial charge in [-0.1, -0.05) is 17.8 Å². The van der Waals surface area contributed by atoms with Crippen LogP contribution < -0.4 is 4.74 Å². The number of benzene rings is 1. The monoisotopic (exact) mass is 332 g/mol. The van der Waals surface area contributed by atoms with E-state index in [0.29, 0.717) is 6.42 Å². The van der Waals surface area contributed by atoms with Gasteiger partial charge in [-0.15, -0.1) is 11.3 Å². The van der Waals surface area contributed by atoms with Crippen molar-refractivity contribution in [2.75, 3.05) is 26.8 Å². The largest absolute Gasteiger partial charge is 0.496 e. The van der Waals surface area contributed by atoms with E-state index in [2.05, 4.69) is 22.0 Å². The van der Waals surface area contributed by atoms with Crippen LogP contribution in [-0.4, -0.2) is 42.0 Å². The summed E-state index contributed by atoms with van der Waals surface area (Å²) in [7, 11) is 1.71. The Balaban J connectivity index is 1.85. The SMILES string of the molecule is COc1cccc2sc(C3=C(CCO)SC4=NCCN43)cc12. The lowest BCUT2D eigenvalue weighted by Gasteiger charge is -2.15. The van der Waals surface area contributed by atoms with E-state index in [9.17, 15) is 5.11 Å². The first kappa shape index (κ1) is 14.1. The number of hydrogen-bond acceptors (Lipinski definition) is 6. The van der Waals surface area contributed by atoms with Crippen LogP contribution >= 0.6 is 23.1 Å². The second-order valence-electron chi connectivity index (χ2n) is 5.15. The van der Waals surface area contributed by atoms with Crippen molar-refractivity contribution in [3.05, 3.63) is 34.0 Å². The minimum absolute atomic E-state index is 0.168. The lowest BCUT2D eigenvalue weighted by molar-refractivity contribution is 0.301. The zero-order chi connectivity index (χ0) is 15.1. The summed E-state index contributed by atoms with van der Waals surface area (Å²) in [6.45, 7) is 1.95. The van der Waals surface area contributed by atoms with E-state index in [-0.39, 0.29) is 6.61 Å². The first-order chi connectivity index (χ1) is 10.8. The maximum Gasteiger partial charge on any atom is 0.168 e. The van der Waals surface area contributed by atoms with Gasteiger partial charge in [-0.05, 0) is 18.2 Å². The van der Waals surface area contributed by atoms with Crippen LogP contribution in [0.1, 0.15) is 11.3 Å². The molecule has 2 aliphatic rings. The topological polar surface area (TPSA) is 45.1 Å². The molecule has 3 heterocycles. The highest BCUT2D eigenvalue weighted by molar-refractivity contribution is 8.17. The summed E-state index contributed by atoms with van der Waals surface area (Å²) >= 11 is 3.47. The Bertz CT molecular complexity index is 795. The van der Waals surface area contributed by atoms with Crippen molar-refractivity contribution in [3.8, 4) is 5.75 Å². The molecule has 2 aliphatic heterocycles.